The monoisotopic (exact) mass is 356 g/mol. The summed E-state index contributed by atoms with van der Waals surface area (Å²) in [6.45, 7) is 0.272. The number of nitrogens with zero attached hydrogens (tertiary/aromatic N) is 4. The number of ether oxygens (including phenoxy) is 2. The highest BCUT2D eigenvalue weighted by atomic mass is 32.2. The number of carbonyl (C=O) groups is 1. The predicted molar refractivity (Wildman–Crippen MR) is 93.2 cm³/mol. The van der Waals surface area contributed by atoms with Crippen LogP contribution in [0, 0.1) is 0 Å². The summed E-state index contributed by atoms with van der Waals surface area (Å²) in [4.78, 5) is 11.9. The van der Waals surface area contributed by atoms with Gasteiger partial charge in [-0.3, -0.25) is 0 Å². The van der Waals surface area contributed by atoms with E-state index in [-0.39, 0.29) is 12.6 Å². The van der Waals surface area contributed by atoms with Crippen molar-refractivity contribution in [2.45, 2.75) is 5.16 Å². The van der Waals surface area contributed by atoms with Gasteiger partial charge in [0.2, 0.25) is 5.16 Å². The second-order valence-corrected chi connectivity index (χ2v) is 5.98. The smallest absolute Gasteiger partial charge is 0.338 e. The number of rotatable bonds is 7. The second-order valence-electron chi connectivity index (χ2n) is 4.92. The molecule has 8 heteroatoms. The minimum absolute atomic E-state index is 0.272. The molecule has 0 fully saturated rings. The van der Waals surface area contributed by atoms with Gasteiger partial charge in [0, 0.05) is 5.75 Å². The highest BCUT2D eigenvalue weighted by Gasteiger charge is 2.10. The van der Waals surface area contributed by atoms with Crippen LogP contribution in [0.3, 0.4) is 0 Å². The Morgan fingerprint density at radius 2 is 1.88 bits per heavy atom. The maximum atomic E-state index is 11.9. The molecule has 0 atom stereocenters. The topological polar surface area (TPSA) is 79.1 Å². The third-order valence-corrected chi connectivity index (χ3v) is 4.20. The molecule has 1 aromatic heterocycles. The van der Waals surface area contributed by atoms with E-state index in [1.165, 1.54) is 11.8 Å². The first-order valence-electron chi connectivity index (χ1n) is 7.55. The Morgan fingerprint density at radius 1 is 1.12 bits per heavy atom. The fourth-order valence-electron chi connectivity index (χ4n) is 2.08. The predicted octanol–water partition coefficient (Wildman–Crippen LogP) is 2.62. The van der Waals surface area contributed by atoms with Gasteiger partial charge in [-0.05, 0) is 46.8 Å². The first-order chi connectivity index (χ1) is 12.3. The van der Waals surface area contributed by atoms with Crippen molar-refractivity contribution < 1.29 is 14.3 Å². The third-order valence-electron chi connectivity index (χ3n) is 3.32. The molecule has 0 radical (unpaired) electrons. The summed E-state index contributed by atoms with van der Waals surface area (Å²) in [6.07, 6.45) is 0. The van der Waals surface area contributed by atoms with E-state index in [0.717, 1.165) is 11.4 Å². The Hall–Kier alpha value is -2.87. The van der Waals surface area contributed by atoms with Crippen molar-refractivity contribution >= 4 is 17.7 Å². The lowest BCUT2D eigenvalue weighted by atomic mass is 10.2. The molecule has 0 bridgehead atoms. The average Bonchev–Trinajstić information content (AvgIpc) is 3.14. The summed E-state index contributed by atoms with van der Waals surface area (Å²) in [5, 5.41) is 12.3. The zero-order valence-electron chi connectivity index (χ0n) is 13.5. The van der Waals surface area contributed by atoms with Crippen molar-refractivity contribution in [3.63, 3.8) is 0 Å². The molecule has 2 aromatic carbocycles. The Bertz CT molecular complexity index is 821. The number of aromatic nitrogens is 4. The summed E-state index contributed by atoms with van der Waals surface area (Å²) in [7, 11) is 1.62. The molecular weight excluding hydrogens is 340 g/mol. The lowest BCUT2D eigenvalue weighted by Gasteiger charge is -2.06. The van der Waals surface area contributed by atoms with Gasteiger partial charge in [0.05, 0.1) is 18.4 Å². The molecule has 0 N–H and O–H groups in total. The number of benzene rings is 2. The van der Waals surface area contributed by atoms with E-state index in [9.17, 15) is 4.79 Å². The molecule has 0 spiro atoms. The van der Waals surface area contributed by atoms with Crippen LogP contribution in [0.15, 0.2) is 59.8 Å². The van der Waals surface area contributed by atoms with Crippen LogP contribution in [0.25, 0.3) is 5.69 Å². The lowest BCUT2D eigenvalue weighted by molar-refractivity contribution is 0.0530. The third kappa shape index (κ3) is 4.36. The van der Waals surface area contributed by atoms with Crippen LogP contribution in [0.5, 0.6) is 5.75 Å². The summed E-state index contributed by atoms with van der Waals surface area (Å²) < 4.78 is 12.0. The number of hydrogen-bond donors (Lipinski definition) is 0. The van der Waals surface area contributed by atoms with Crippen LogP contribution >= 0.6 is 11.8 Å². The van der Waals surface area contributed by atoms with E-state index in [4.69, 9.17) is 9.47 Å². The summed E-state index contributed by atoms with van der Waals surface area (Å²) >= 11 is 1.41. The average molecular weight is 356 g/mol. The first-order valence-corrected chi connectivity index (χ1v) is 8.54. The number of thioether (sulfide) groups is 1. The van der Waals surface area contributed by atoms with Crippen molar-refractivity contribution in [1.82, 2.24) is 20.2 Å². The molecule has 0 aliphatic carbocycles. The number of esters is 1. The fraction of sp³-hybridized carbons (Fsp3) is 0.176. The van der Waals surface area contributed by atoms with Crippen molar-refractivity contribution in [1.29, 1.82) is 0 Å². The Balaban J connectivity index is 1.54. The van der Waals surface area contributed by atoms with E-state index in [0.29, 0.717) is 16.5 Å². The van der Waals surface area contributed by atoms with Crippen LogP contribution in [-0.2, 0) is 4.74 Å². The molecular formula is C17H16N4O3S. The van der Waals surface area contributed by atoms with Crippen molar-refractivity contribution in [3.05, 3.63) is 60.2 Å². The fourth-order valence-corrected chi connectivity index (χ4v) is 2.79. The number of carbonyl (C=O) groups excluding carboxylic acids is 1. The Labute approximate surface area is 149 Å². The van der Waals surface area contributed by atoms with Gasteiger partial charge in [-0.25, -0.2) is 4.79 Å². The van der Waals surface area contributed by atoms with E-state index >= 15 is 0 Å². The quantitative estimate of drug-likeness (QED) is 0.366. The van der Waals surface area contributed by atoms with Gasteiger partial charge in [0.1, 0.15) is 12.4 Å². The number of methoxy groups -OCH3 is 1. The van der Waals surface area contributed by atoms with Gasteiger partial charge in [-0.2, -0.15) is 4.68 Å². The van der Waals surface area contributed by atoms with Gasteiger partial charge < -0.3 is 9.47 Å². The molecule has 0 saturated heterocycles. The standard InChI is InChI=1S/C17H16N4O3S/c1-23-15-9-7-14(8-10-15)21-17(18-19-20-21)25-12-11-24-16(22)13-5-3-2-4-6-13/h2-10H,11-12H2,1H3. The Kier molecular flexibility index (Phi) is 5.63. The van der Waals surface area contributed by atoms with Crippen molar-refractivity contribution in [2.24, 2.45) is 0 Å². The number of hydrogen-bond acceptors (Lipinski definition) is 7. The van der Waals surface area contributed by atoms with E-state index in [2.05, 4.69) is 15.5 Å². The zero-order chi connectivity index (χ0) is 17.5. The normalized spacial score (nSPS) is 10.4. The summed E-state index contributed by atoms with van der Waals surface area (Å²) in [5.74, 6) is 0.976. The van der Waals surface area contributed by atoms with Gasteiger partial charge in [0.25, 0.3) is 0 Å². The van der Waals surface area contributed by atoms with E-state index in [1.54, 1.807) is 36.1 Å². The molecule has 0 unspecified atom stereocenters. The second kappa shape index (κ2) is 8.29. The molecule has 0 aliphatic rings. The highest BCUT2D eigenvalue weighted by molar-refractivity contribution is 7.99. The van der Waals surface area contributed by atoms with Gasteiger partial charge in [0.15, 0.2) is 0 Å². The zero-order valence-corrected chi connectivity index (χ0v) is 14.3. The summed E-state index contributed by atoms with van der Waals surface area (Å²) in [6, 6.07) is 16.3. The highest BCUT2D eigenvalue weighted by Crippen LogP contribution is 2.20. The maximum absolute atomic E-state index is 11.9. The van der Waals surface area contributed by atoms with Gasteiger partial charge in [-0.1, -0.05) is 30.0 Å². The Morgan fingerprint density at radius 3 is 2.60 bits per heavy atom. The van der Waals surface area contributed by atoms with Crippen LogP contribution < -0.4 is 4.74 Å². The molecule has 3 rings (SSSR count). The minimum Gasteiger partial charge on any atom is -0.497 e. The van der Waals surface area contributed by atoms with Gasteiger partial charge >= 0.3 is 5.97 Å². The van der Waals surface area contributed by atoms with Crippen molar-refractivity contribution in [2.75, 3.05) is 19.5 Å². The minimum atomic E-state index is -0.337. The molecule has 128 valence electrons. The SMILES string of the molecule is COc1ccc(-n2nnnc2SCCOC(=O)c2ccccc2)cc1. The first kappa shape index (κ1) is 17.0. The maximum Gasteiger partial charge on any atom is 0.338 e. The van der Waals surface area contributed by atoms with E-state index < -0.39 is 0 Å². The summed E-state index contributed by atoms with van der Waals surface area (Å²) in [5.41, 5.74) is 1.37. The molecule has 0 amide bonds. The lowest BCUT2D eigenvalue weighted by Crippen LogP contribution is -2.08. The van der Waals surface area contributed by atoms with Crippen LogP contribution in [0.1, 0.15) is 10.4 Å². The molecule has 25 heavy (non-hydrogen) atoms. The van der Waals surface area contributed by atoms with E-state index in [1.807, 2.05) is 30.3 Å². The van der Waals surface area contributed by atoms with Gasteiger partial charge in [-0.15, -0.1) is 5.10 Å². The molecule has 7 nitrogen and oxygen atoms in total. The van der Waals surface area contributed by atoms with Crippen LogP contribution in [-0.4, -0.2) is 45.6 Å². The van der Waals surface area contributed by atoms with Crippen LogP contribution in [0.2, 0.25) is 0 Å². The van der Waals surface area contributed by atoms with Crippen LogP contribution in [0.4, 0.5) is 0 Å². The molecule has 1 heterocycles. The van der Waals surface area contributed by atoms with Crippen molar-refractivity contribution in [3.8, 4) is 11.4 Å². The largest absolute Gasteiger partial charge is 0.497 e. The number of tetrazole rings is 1. The molecule has 0 saturated carbocycles. The molecule has 3 aromatic rings. The molecule has 0 aliphatic heterocycles.